The number of aliphatic carboxylic acids is 1. The summed E-state index contributed by atoms with van der Waals surface area (Å²) in [6.07, 6.45) is 5.80. The quantitative estimate of drug-likeness (QED) is 0.732. The first-order chi connectivity index (χ1) is 8.44. The summed E-state index contributed by atoms with van der Waals surface area (Å²) in [6, 6.07) is 0.951. The largest absolute Gasteiger partial charge is 0.480 e. The molecule has 1 saturated carbocycles. The zero-order valence-corrected chi connectivity index (χ0v) is 12.2. The molecule has 0 spiro atoms. The van der Waals surface area contributed by atoms with Crippen LogP contribution < -0.4 is 5.32 Å². The second-order valence-corrected chi connectivity index (χ2v) is 5.71. The van der Waals surface area contributed by atoms with Gasteiger partial charge < -0.3 is 10.4 Å². The van der Waals surface area contributed by atoms with Crippen LogP contribution in [0.2, 0.25) is 0 Å². The zero-order chi connectivity index (χ0) is 13.8. The van der Waals surface area contributed by atoms with E-state index < -0.39 is 11.5 Å². The fourth-order valence-electron chi connectivity index (χ4n) is 3.17. The van der Waals surface area contributed by atoms with Gasteiger partial charge in [0.2, 0.25) is 0 Å². The number of hydrogen-bond acceptors (Lipinski definition) is 3. The lowest BCUT2D eigenvalue weighted by molar-refractivity contribution is -0.144. The Hall–Kier alpha value is -0.610. The highest BCUT2D eigenvalue weighted by molar-refractivity contribution is 5.78. The third-order valence-electron chi connectivity index (χ3n) is 4.45. The van der Waals surface area contributed by atoms with E-state index in [0.29, 0.717) is 18.5 Å². The maximum absolute atomic E-state index is 11.3. The standard InChI is InChI=1S/C14H28N2O2/c1-5-16(12-8-6-7-9-12)11(2)10-14(3,15-4)13(17)18/h11-12,15H,5-10H2,1-4H3,(H,17,18). The summed E-state index contributed by atoms with van der Waals surface area (Å²) in [6.45, 7) is 7.10. The molecule has 4 heteroatoms. The molecule has 1 fully saturated rings. The van der Waals surface area contributed by atoms with Crippen molar-refractivity contribution in [3.05, 3.63) is 0 Å². The highest BCUT2D eigenvalue weighted by Crippen LogP contribution is 2.27. The van der Waals surface area contributed by atoms with Gasteiger partial charge in [-0.25, -0.2) is 0 Å². The molecule has 0 bridgehead atoms. The van der Waals surface area contributed by atoms with Crippen molar-refractivity contribution < 1.29 is 9.90 Å². The number of carboxylic acid groups (broad SMARTS) is 1. The molecule has 0 saturated heterocycles. The normalized spacial score (nSPS) is 22.1. The molecule has 0 radical (unpaired) electrons. The molecule has 2 atom stereocenters. The minimum atomic E-state index is -0.828. The lowest BCUT2D eigenvalue weighted by Crippen LogP contribution is -2.53. The number of likely N-dealkylation sites (N-methyl/N-ethyl adjacent to an activating group) is 1. The van der Waals surface area contributed by atoms with Gasteiger partial charge in [0.05, 0.1) is 0 Å². The summed E-state index contributed by atoms with van der Waals surface area (Å²) >= 11 is 0. The average molecular weight is 256 g/mol. The number of carboxylic acids is 1. The van der Waals surface area contributed by atoms with E-state index in [9.17, 15) is 9.90 Å². The van der Waals surface area contributed by atoms with Gasteiger partial charge in [-0.2, -0.15) is 0 Å². The van der Waals surface area contributed by atoms with Gasteiger partial charge in [-0.3, -0.25) is 9.69 Å². The summed E-state index contributed by atoms with van der Waals surface area (Å²) in [5, 5.41) is 12.3. The Morgan fingerprint density at radius 3 is 2.44 bits per heavy atom. The first-order valence-corrected chi connectivity index (χ1v) is 7.12. The molecule has 106 valence electrons. The SMILES string of the molecule is CCN(C(C)CC(C)(NC)C(=O)O)C1CCCC1. The minimum Gasteiger partial charge on any atom is -0.480 e. The predicted molar refractivity (Wildman–Crippen MR) is 73.8 cm³/mol. The van der Waals surface area contributed by atoms with Crippen molar-refractivity contribution in [1.82, 2.24) is 10.2 Å². The number of nitrogens with one attached hydrogen (secondary N) is 1. The highest BCUT2D eigenvalue weighted by atomic mass is 16.4. The third-order valence-corrected chi connectivity index (χ3v) is 4.45. The number of carbonyl (C=O) groups is 1. The van der Waals surface area contributed by atoms with Crippen LogP contribution in [-0.4, -0.2) is 47.2 Å². The summed E-state index contributed by atoms with van der Waals surface area (Å²) in [5.74, 6) is -0.765. The van der Waals surface area contributed by atoms with Crippen molar-refractivity contribution in [3.8, 4) is 0 Å². The van der Waals surface area contributed by atoms with Gasteiger partial charge in [-0.1, -0.05) is 19.8 Å². The van der Waals surface area contributed by atoms with Crippen molar-refractivity contribution in [3.63, 3.8) is 0 Å². The predicted octanol–water partition coefficient (Wildman–Crippen LogP) is 2.09. The zero-order valence-electron chi connectivity index (χ0n) is 12.2. The van der Waals surface area contributed by atoms with E-state index >= 15 is 0 Å². The molecule has 0 heterocycles. The van der Waals surface area contributed by atoms with Crippen molar-refractivity contribution in [2.45, 2.75) is 70.5 Å². The Labute approximate surface area is 111 Å². The van der Waals surface area contributed by atoms with E-state index in [0.717, 1.165) is 6.54 Å². The van der Waals surface area contributed by atoms with Crippen LogP contribution in [0.4, 0.5) is 0 Å². The fraction of sp³-hybridized carbons (Fsp3) is 0.929. The van der Waals surface area contributed by atoms with Gasteiger partial charge in [0.15, 0.2) is 0 Å². The molecule has 2 unspecified atom stereocenters. The van der Waals surface area contributed by atoms with Crippen LogP contribution in [0.5, 0.6) is 0 Å². The van der Waals surface area contributed by atoms with Crippen LogP contribution in [-0.2, 0) is 4.79 Å². The monoisotopic (exact) mass is 256 g/mol. The van der Waals surface area contributed by atoms with E-state index in [4.69, 9.17) is 0 Å². The van der Waals surface area contributed by atoms with Crippen LogP contribution in [0, 0.1) is 0 Å². The average Bonchev–Trinajstić information content (AvgIpc) is 2.83. The van der Waals surface area contributed by atoms with Gasteiger partial charge in [-0.05, 0) is 46.7 Å². The molecule has 0 aromatic heterocycles. The summed E-state index contributed by atoms with van der Waals surface area (Å²) < 4.78 is 0. The smallest absolute Gasteiger partial charge is 0.323 e. The van der Waals surface area contributed by atoms with Crippen molar-refractivity contribution in [1.29, 1.82) is 0 Å². The summed E-state index contributed by atoms with van der Waals surface area (Å²) in [7, 11) is 1.73. The Bertz CT molecular complexity index is 277. The lowest BCUT2D eigenvalue weighted by Gasteiger charge is -2.37. The fourth-order valence-corrected chi connectivity index (χ4v) is 3.17. The molecule has 1 rings (SSSR count). The summed E-state index contributed by atoms with van der Waals surface area (Å²) in [4.78, 5) is 13.8. The Morgan fingerprint density at radius 2 is 2.06 bits per heavy atom. The van der Waals surface area contributed by atoms with Crippen molar-refractivity contribution in [2.75, 3.05) is 13.6 Å². The van der Waals surface area contributed by atoms with Crippen LogP contribution in [0.25, 0.3) is 0 Å². The Morgan fingerprint density at radius 1 is 1.50 bits per heavy atom. The summed E-state index contributed by atoms with van der Waals surface area (Å²) in [5.41, 5.74) is -0.828. The number of hydrogen-bond donors (Lipinski definition) is 2. The second kappa shape index (κ2) is 6.53. The van der Waals surface area contributed by atoms with Crippen molar-refractivity contribution >= 4 is 5.97 Å². The molecule has 2 N–H and O–H groups in total. The van der Waals surface area contributed by atoms with E-state index in [1.54, 1.807) is 14.0 Å². The Kier molecular flexibility index (Phi) is 5.60. The molecule has 0 aromatic carbocycles. The molecule has 18 heavy (non-hydrogen) atoms. The third kappa shape index (κ3) is 3.45. The minimum absolute atomic E-state index is 0.298. The first kappa shape index (κ1) is 15.4. The molecule has 0 aromatic rings. The van der Waals surface area contributed by atoms with Gasteiger partial charge in [0, 0.05) is 12.1 Å². The number of rotatable bonds is 7. The van der Waals surface area contributed by atoms with Gasteiger partial charge in [0.1, 0.15) is 5.54 Å². The second-order valence-electron chi connectivity index (χ2n) is 5.71. The van der Waals surface area contributed by atoms with Crippen LogP contribution in [0.1, 0.15) is 52.9 Å². The molecule has 4 nitrogen and oxygen atoms in total. The maximum atomic E-state index is 11.3. The van der Waals surface area contributed by atoms with Gasteiger partial charge >= 0.3 is 5.97 Å². The Balaban J connectivity index is 2.66. The van der Waals surface area contributed by atoms with E-state index in [-0.39, 0.29) is 0 Å². The number of nitrogens with zero attached hydrogens (tertiary/aromatic N) is 1. The van der Waals surface area contributed by atoms with Crippen LogP contribution in [0.3, 0.4) is 0 Å². The molecular formula is C14H28N2O2. The highest BCUT2D eigenvalue weighted by Gasteiger charge is 2.36. The van der Waals surface area contributed by atoms with Gasteiger partial charge in [-0.15, -0.1) is 0 Å². The first-order valence-electron chi connectivity index (χ1n) is 7.12. The molecular weight excluding hydrogens is 228 g/mol. The maximum Gasteiger partial charge on any atom is 0.323 e. The van der Waals surface area contributed by atoms with E-state index in [2.05, 4.69) is 24.1 Å². The van der Waals surface area contributed by atoms with E-state index in [1.807, 2.05) is 0 Å². The molecule has 0 aliphatic heterocycles. The van der Waals surface area contributed by atoms with Crippen LogP contribution >= 0.6 is 0 Å². The molecule has 0 amide bonds. The topological polar surface area (TPSA) is 52.6 Å². The molecule has 1 aliphatic carbocycles. The van der Waals surface area contributed by atoms with Crippen LogP contribution in [0.15, 0.2) is 0 Å². The lowest BCUT2D eigenvalue weighted by atomic mass is 9.92. The van der Waals surface area contributed by atoms with E-state index in [1.165, 1.54) is 25.7 Å². The van der Waals surface area contributed by atoms with Crippen molar-refractivity contribution in [2.24, 2.45) is 0 Å². The van der Waals surface area contributed by atoms with Gasteiger partial charge in [0.25, 0.3) is 0 Å². The molecule has 1 aliphatic rings.